The molecule has 0 saturated carbocycles. The molecule has 0 heterocycles. The normalized spacial score (nSPS) is 13.1. The molecule has 72 valence electrons. The van der Waals surface area contributed by atoms with Gasteiger partial charge in [-0.3, -0.25) is 9.79 Å². The predicted octanol–water partition coefficient (Wildman–Crippen LogP) is 0.482. The van der Waals surface area contributed by atoms with E-state index in [0.29, 0.717) is 0 Å². The molecule has 0 saturated heterocycles. The quantitative estimate of drug-likeness (QED) is 0.644. The molecule has 0 atom stereocenters. The summed E-state index contributed by atoms with van der Waals surface area (Å²) in [5, 5.41) is 0. The maximum atomic E-state index is 11.1. The van der Waals surface area contributed by atoms with Crippen LogP contribution in [0.4, 0.5) is 0 Å². The molecule has 0 bridgehead atoms. The van der Waals surface area contributed by atoms with Crippen LogP contribution in [-0.4, -0.2) is 33.0 Å². The third kappa shape index (κ3) is 1.75. The highest BCUT2D eigenvalue weighted by atomic mass is 31.2. The zero-order valence-electron chi connectivity index (χ0n) is 7.52. The molecule has 0 aromatic heterocycles. The highest BCUT2D eigenvalue weighted by molar-refractivity contribution is 7.46. The average molecular weight is 196 g/mol. The topological polar surface area (TPSA) is 74.6 Å². The number of rotatable bonds is 3. The number of nitrogens with zero attached hydrogens (tertiary/aromatic N) is 1. The molecule has 0 unspecified atom stereocenters. The fraction of sp³-hybridized carbons (Fsp3) is 0.833. The van der Waals surface area contributed by atoms with E-state index in [2.05, 4.69) is 0 Å². The summed E-state index contributed by atoms with van der Waals surface area (Å²) in [5.74, 6) is -0.492. The molecule has 0 radical (unpaired) electrons. The molecule has 0 aliphatic heterocycles. The number of amides is 1. The molecule has 0 aromatic carbocycles. The maximum absolute atomic E-state index is 11.1. The molecule has 12 heavy (non-hydrogen) atoms. The van der Waals surface area contributed by atoms with Crippen molar-refractivity contribution in [3.8, 4) is 0 Å². The first-order valence-electron chi connectivity index (χ1n) is 3.76. The predicted molar refractivity (Wildman–Crippen MR) is 44.1 cm³/mol. The van der Waals surface area contributed by atoms with Gasteiger partial charge in [-0.25, -0.2) is 9.36 Å². The second kappa shape index (κ2) is 3.66. The third-order valence-electron chi connectivity index (χ3n) is 2.13. The Hall–Kier alpha value is -0.220. The van der Waals surface area contributed by atoms with Crippen LogP contribution in [0.25, 0.3) is 0 Å². The van der Waals surface area contributed by atoms with Crippen molar-refractivity contribution in [3.05, 3.63) is 0 Å². The van der Waals surface area contributed by atoms with Gasteiger partial charge in [0.15, 0.2) is 0 Å². The van der Waals surface area contributed by atoms with Crippen LogP contribution < -0.4 is 0 Å². The van der Waals surface area contributed by atoms with E-state index in [9.17, 15) is 9.36 Å². The summed E-state index contributed by atoms with van der Waals surface area (Å²) < 4.78 is 10.2. The van der Waals surface area contributed by atoms with Crippen molar-refractivity contribution in [2.75, 3.05) is 13.1 Å². The fourth-order valence-electron chi connectivity index (χ4n) is 1.22. The van der Waals surface area contributed by atoms with Gasteiger partial charge in [-0.05, 0) is 13.8 Å². The van der Waals surface area contributed by atoms with Crippen LogP contribution in [0.1, 0.15) is 20.8 Å². The minimum absolute atomic E-state index is 0.121. The van der Waals surface area contributed by atoms with Gasteiger partial charge in [0.25, 0.3) is 0 Å². The van der Waals surface area contributed by atoms with E-state index in [-0.39, 0.29) is 13.1 Å². The summed E-state index contributed by atoms with van der Waals surface area (Å²) in [4.78, 5) is 29.0. The van der Waals surface area contributed by atoms with Gasteiger partial charge in [-0.15, -0.1) is 0 Å². The van der Waals surface area contributed by atoms with Gasteiger partial charge in [-0.2, -0.15) is 4.25 Å². The van der Waals surface area contributed by atoms with Gasteiger partial charge < -0.3 is 0 Å². The lowest BCUT2D eigenvalue weighted by atomic mass is 10.5. The molecule has 0 rings (SSSR count). The van der Waals surface area contributed by atoms with Crippen LogP contribution >= 0.6 is 7.75 Å². The number of hydrogen-bond donors (Lipinski definition) is 2. The highest BCUT2D eigenvalue weighted by Gasteiger charge is 2.47. The molecule has 2 N–H and O–H groups in total. The maximum Gasteiger partial charge on any atom is 0.533 e. The Morgan fingerprint density at radius 3 is 1.67 bits per heavy atom. The summed E-state index contributed by atoms with van der Waals surface area (Å²) in [7, 11) is -4.38. The Morgan fingerprint density at radius 1 is 1.33 bits per heavy atom. The van der Waals surface area contributed by atoms with Gasteiger partial charge in [0.2, 0.25) is 0 Å². The van der Waals surface area contributed by atoms with Crippen molar-refractivity contribution >= 4 is 13.7 Å². The van der Waals surface area contributed by atoms with Crippen LogP contribution in [-0.2, 0) is 9.36 Å². The van der Waals surface area contributed by atoms with Gasteiger partial charge in [0.1, 0.15) is 0 Å². The Morgan fingerprint density at radius 2 is 1.67 bits per heavy atom. The number of carbonyl (C=O) groups excluding carboxylic acids is 1. The minimum atomic E-state index is -4.38. The van der Waals surface area contributed by atoms with Crippen molar-refractivity contribution in [2.24, 2.45) is 0 Å². The van der Waals surface area contributed by atoms with Crippen molar-refractivity contribution < 1.29 is 23.4 Å². The molecule has 0 aliphatic carbocycles. The average Bonchev–Trinajstić information content (AvgIpc) is 1.87. The van der Waals surface area contributed by atoms with Crippen LogP contribution in [0.3, 0.4) is 0 Å². The monoisotopic (exact) mass is 196 g/mol. The summed E-state index contributed by atoms with van der Waals surface area (Å²) >= 11 is 0. The molecule has 1 amide bonds. The van der Waals surface area contributed by atoms with Crippen molar-refractivity contribution in [1.82, 2.24) is 0 Å². The fourth-order valence-corrected chi connectivity index (χ4v) is 2.32. The molecular weight excluding hydrogens is 181 g/mol. The van der Waals surface area contributed by atoms with Crippen LogP contribution in [0.2, 0.25) is 0 Å². The molecule has 0 spiro atoms. The molecule has 0 fully saturated rings. The zero-order chi connectivity index (χ0) is 9.99. The zero-order valence-corrected chi connectivity index (χ0v) is 8.41. The van der Waals surface area contributed by atoms with E-state index in [1.807, 2.05) is 0 Å². The number of carbonyl (C=O) groups is 1. The van der Waals surface area contributed by atoms with Crippen LogP contribution in [0, 0.1) is 0 Å². The lowest BCUT2D eigenvalue weighted by Crippen LogP contribution is -2.47. The first-order chi connectivity index (χ1) is 5.31. The first kappa shape index (κ1) is 11.8. The number of hydrogen-bond acceptors (Lipinski definition) is 2. The van der Waals surface area contributed by atoms with Crippen LogP contribution in [0.5, 0.6) is 0 Å². The largest absolute Gasteiger partial charge is 0.533 e. The summed E-state index contributed by atoms with van der Waals surface area (Å²) in [6.07, 6.45) is 0. The minimum Gasteiger partial charge on any atom is -0.278 e. The van der Waals surface area contributed by atoms with Crippen molar-refractivity contribution in [2.45, 2.75) is 20.8 Å². The van der Waals surface area contributed by atoms with Gasteiger partial charge >= 0.3 is 13.7 Å². The Balaban J connectivity index is 5.12. The Bertz CT molecular complexity index is 218. The highest BCUT2D eigenvalue weighted by Crippen LogP contribution is 2.47. The smallest absolute Gasteiger partial charge is 0.278 e. The molecule has 6 heteroatoms. The number of quaternary nitrogens is 1. The summed E-state index contributed by atoms with van der Waals surface area (Å²) in [5.41, 5.74) is 0. The van der Waals surface area contributed by atoms with E-state index in [1.54, 1.807) is 13.8 Å². The molecular formula is C6H15NO4P+. The van der Waals surface area contributed by atoms with Crippen molar-refractivity contribution in [1.29, 1.82) is 0 Å². The Labute approximate surface area is 71.8 Å². The second-order valence-electron chi connectivity index (χ2n) is 2.59. The van der Waals surface area contributed by atoms with Crippen molar-refractivity contribution in [3.63, 3.8) is 0 Å². The summed E-state index contributed by atoms with van der Waals surface area (Å²) in [6.45, 7) is 4.62. The van der Waals surface area contributed by atoms with Gasteiger partial charge in [-0.1, -0.05) is 0 Å². The van der Waals surface area contributed by atoms with E-state index in [4.69, 9.17) is 9.79 Å². The molecule has 0 aliphatic rings. The third-order valence-corrected chi connectivity index (χ3v) is 3.98. The SMILES string of the molecule is CC[N+](CC)(C(C)=O)P(=O)(O)O. The Kier molecular flexibility index (Phi) is 3.59. The lowest BCUT2D eigenvalue weighted by Gasteiger charge is -2.31. The van der Waals surface area contributed by atoms with E-state index in [1.165, 1.54) is 6.92 Å². The summed E-state index contributed by atoms with van der Waals surface area (Å²) in [6, 6.07) is 0. The molecule has 0 aromatic rings. The van der Waals surface area contributed by atoms with E-state index in [0.717, 1.165) is 0 Å². The lowest BCUT2D eigenvalue weighted by molar-refractivity contribution is -0.741. The second-order valence-corrected chi connectivity index (χ2v) is 4.38. The standard InChI is InChI=1S/C6H14NO4P/c1-4-7(5-2,6(3)8)12(9,10)11/h4-5H2,1-3H3,(H-,9,10,11)/p+1. The first-order valence-corrected chi connectivity index (χ1v) is 5.32. The van der Waals surface area contributed by atoms with E-state index < -0.39 is 17.9 Å². The van der Waals surface area contributed by atoms with Gasteiger partial charge in [0, 0.05) is 0 Å². The van der Waals surface area contributed by atoms with Gasteiger partial charge in [0.05, 0.1) is 20.0 Å². The molecule has 5 nitrogen and oxygen atoms in total. The van der Waals surface area contributed by atoms with E-state index >= 15 is 0 Å². The van der Waals surface area contributed by atoms with Crippen LogP contribution in [0.15, 0.2) is 0 Å².